The van der Waals surface area contributed by atoms with Crippen molar-refractivity contribution in [2.45, 2.75) is 52.1 Å². The molecule has 9 heteroatoms. The average Bonchev–Trinajstić information content (AvgIpc) is 3.47. The minimum Gasteiger partial charge on any atom is -0.394 e. The van der Waals surface area contributed by atoms with Crippen molar-refractivity contribution in [1.29, 1.82) is 0 Å². The van der Waals surface area contributed by atoms with Crippen molar-refractivity contribution in [3.63, 3.8) is 0 Å². The third-order valence-corrected chi connectivity index (χ3v) is 7.65. The number of benzene rings is 2. The molecule has 0 atom stereocenters. The van der Waals surface area contributed by atoms with Crippen LogP contribution in [0, 0.1) is 6.92 Å². The Labute approximate surface area is 246 Å². The summed E-state index contributed by atoms with van der Waals surface area (Å²) in [7, 11) is 0. The van der Waals surface area contributed by atoms with Gasteiger partial charge in [-0.2, -0.15) is 5.10 Å². The summed E-state index contributed by atoms with van der Waals surface area (Å²) in [4.78, 5) is 32.5. The molecule has 0 bridgehead atoms. The summed E-state index contributed by atoms with van der Waals surface area (Å²) in [5.41, 5.74) is 5.91. The van der Waals surface area contributed by atoms with Crippen LogP contribution in [-0.2, 0) is 6.54 Å². The zero-order chi connectivity index (χ0) is 29.6. The van der Waals surface area contributed by atoms with Gasteiger partial charge in [-0.05, 0) is 80.5 Å². The predicted octanol–water partition coefficient (Wildman–Crippen LogP) is 5.34. The molecule has 0 aliphatic carbocycles. The number of hydrogen-bond acceptors (Lipinski definition) is 6. The Morgan fingerprint density at radius 2 is 1.71 bits per heavy atom. The quantitative estimate of drug-likeness (QED) is 0.252. The molecule has 3 heterocycles. The maximum absolute atomic E-state index is 13.4. The monoisotopic (exact) mass is 566 g/mol. The second-order valence-electron chi connectivity index (χ2n) is 11.1. The third kappa shape index (κ3) is 6.86. The topological polar surface area (TPSA) is 112 Å². The molecule has 1 aliphatic heterocycles. The van der Waals surface area contributed by atoms with E-state index in [0.717, 1.165) is 29.5 Å². The smallest absolute Gasteiger partial charge is 0.257 e. The van der Waals surface area contributed by atoms with E-state index in [4.69, 9.17) is 5.11 Å². The van der Waals surface area contributed by atoms with Crippen LogP contribution in [0.1, 0.15) is 64.4 Å². The summed E-state index contributed by atoms with van der Waals surface area (Å²) in [6.45, 7) is 7.87. The maximum atomic E-state index is 13.4. The number of hydrogen-bond donors (Lipinski definition) is 3. The van der Waals surface area contributed by atoms with Gasteiger partial charge in [-0.3, -0.25) is 14.3 Å². The number of nitrogens with zero attached hydrogens (tertiary/aromatic N) is 4. The highest BCUT2D eigenvalue weighted by Crippen LogP contribution is 2.31. The summed E-state index contributed by atoms with van der Waals surface area (Å²) in [5, 5.41) is 19.6. The molecular formula is C33H38N6O3. The van der Waals surface area contributed by atoms with Crippen LogP contribution in [-0.4, -0.2) is 62.3 Å². The standard InChI is InChI=1S/C33H38N6O3/c1-22(2)36-31-11-10-28(19-34-31)32(41)37-30-18-27(5-4-23(30)3)33(42)38-14-12-26(13-15-38)24-6-8-25(9-7-24)29-20-35-39(21-29)16-17-40/h4-11,18-22,26,40H,12-17H2,1-3H3,(H,34,36)(H,37,41). The molecule has 1 fully saturated rings. The Kier molecular flexibility index (Phi) is 8.97. The van der Waals surface area contributed by atoms with Crippen molar-refractivity contribution in [1.82, 2.24) is 19.7 Å². The molecule has 3 N–H and O–H groups in total. The van der Waals surface area contributed by atoms with Gasteiger partial charge in [-0.15, -0.1) is 0 Å². The molecule has 9 nitrogen and oxygen atoms in total. The molecule has 2 aromatic heterocycles. The lowest BCUT2D eigenvalue weighted by Crippen LogP contribution is -2.38. The van der Waals surface area contributed by atoms with Crippen molar-refractivity contribution in [3.8, 4) is 11.1 Å². The fourth-order valence-electron chi connectivity index (χ4n) is 5.28. The third-order valence-electron chi connectivity index (χ3n) is 7.65. The summed E-state index contributed by atoms with van der Waals surface area (Å²) >= 11 is 0. The molecule has 2 aromatic carbocycles. The molecule has 1 saturated heterocycles. The second-order valence-corrected chi connectivity index (χ2v) is 11.1. The van der Waals surface area contributed by atoms with E-state index in [0.29, 0.717) is 48.2 Å². The summed E-state index contributed by atoms with van der Waals surface area (Å²) in [5.74, 6) is 0.820. The van der Waals surface area contributed by atoms with E-state index < -0.39 is 0 Å². The maximum Gasteiger partial charge on any atom is 0.257 e. The Balaban J connectivity index is 1.18. The van der Waals surface area contributed by atoms with Crippen LogP contribution in [0.2, 0.25) is 0 Å². The van der Waals surface area contributed by atoms with Crippen LogP contribution in [0.25, 0.3) is 11.1 Å². The van der Waals surface area contributed by atoms with Crippen LogP contribution in [0.15, 0.2) is 73.2 Å². The lowest BCUT2D eigenvalue weighted by molar-refractivity contribution is 0.0712. The summed E-state index contributed by atoms with van der Waals surface area (Å²) < 4.78 is 1.74. The van der Waals surface area contributed by atoms with Gasteiger partial charge in [0.1, 0.15) is 5.82 Å². The largest absolute Gasteiger partial charge is 0.394 e. The number of carbonyl (C=O) groups is 2. The minimum atomic E-state index is -0.267. The van der Waals surface area contributed by atoms with Crippen LogP contribution in [0.5, 0.6) is 0 Å². The zero-order valence-electron chi connectivity index (χ0n) is 24.4. The van der Waals surface area contributed by atoms with Crippen molar-refractivity contribution in [2.24, 2.45) is 0 Å². The summed E-state index contributed by atoms with van der Waals surface area (Å²) in [6, 6.07) is 17.8. The van der Waals surface area contributed by atoms with E-state index in [1.54, 1.807) is 29.1 Å². The van der Waals surface area contributed by atoms with Gasteiger partial charge in [0.05, 0.1) is 24.9 Å². The first-order valence-electron chi connectivity index (χ1n) is 14.5. The number of aryl methyl sites for hydroxylation is 1. The van der Waals surface area contributed by atoms with E-state index in [-0.39, 0.29) is 24.5 Å². The number of amides is 2. The van der Waals surface area contributed by atoms with E-state index in [1.165, 1.54) is 5.56 Å². The van der Waals surface area contributed by atoms with Gasteiger partial charge in [0, 0.05) is 48.3 Å². The van der Waals surface area contributed by atoms with E-state index in [9.17, 15) is 9.59 Å². The first kappa shape index (κ1) is 29.0. The van der Waals surface area contributed by atoms with Gasteiger partial charge in [0.2, 0.25) is 0 Å². The zero-order valence-corrected chi connectivity index (χ0v) is 24.4. The number of piperidine rings is 1. The first-order valence-corrected chi connectivity index (χ1v) is 14.5. The molecule has 0 saturated carbocycles. The van der Waals surface area contributed by atoms with Crippen molar-refractivity contribution < 1.29 is 14.7 Å². The minimum absolute atomic E-state index is 0.0232. The highest BCUT2D eigenvalue weighted by molar-refractivity contribution is 6.05. The Morgan fingerprint density at radius 1 is 0.976 bits per heavy atom. The summed E-state index contributed by atoms with van der Waals surface area (Å²) in [6.07, 6.45) is 7.09. The molecule has 218 valence electrons. The Morgan fingerprint density at radius 3 is 2.38 bits per heavy atom. The van der Waals surface area contributed by atoms with Crippen molar-refractivity contribution in [2.75, 3.05) is 30.3 Å². The molecule has 1 aliphatic rings. The van der Waals surface area contributed by atoms with Crippen LogP contribution < -0.4 is 10.6 Å². The number of aromatic nitrogens is 3. The number of anilines is 2. The highest BCUT2D eigenvalue weighted by atomic mass is 16.3. The number of carbonyl (C=O) groups excluding carboxylic acids is 2. The van der Waals surface area contributed by atoms with E-state index in [2.05, 4.69) is 45.0 Å². The lowest BCUT2D eigenvalue weighted by Gasteiger charge is -2.32. The molecule has 0 spiro atoms. The molecule has 2 amide bonds. The number of likely N-dealkylation sites (tertiary alicyclic amines) is 1. The number of rotatable bonds is 9. The van der Waals surface area contributed by atoms with E-state index in [1.807, 2.05) is 50.2 Å². The molecule has 4 aromatic rings. The van der Waals surface area contributed by atoms with Crippen LogP contribution in [0.4, 0.5) is 11.5 Å². The first-order chi connectivity index (χ1) is 20.3. The van der Waals surface area contributed by atoms with Gasteiger partial charge in [0.15, 0.2) is 0 Å². The SMILES string of the molecule is Cc1ccc(C(=O)N2CCC(c3ccc(-c4cnn(CCO)c4)cc3)CC2)cc1NC(=O)c1ccc(NC(C)C)nc1. The predicted molar refractivity (Wildman–Crippen MR) is 165 cm³/mol. The molecular weight excluding hydrogens is 528 g/mol. The van der Waals surface area contributed by atoms with Gasteiger partial charge >= 0.3 is 0 Å². The van der Waals surface area contributed by atoms with Gasteiger partial charge in [-0.1, -0.05) is 30.3 Å². The number of nitrogens with one attached hydrogen (secondary N) is 2. The Hall–Kier alpha value is -4.50. The molecule has 5 rings (SSSR count). The fourth-order valence-corrected chi connectivity index (χ4v) is 5.28. The van der Waals surface area contributed by atoms with E-state index >= 15 is 0 Å². The average molecular weight is 567 g/mol. The van der Waals surface area contributed by atoms with Gasteiger partial charge < -0.3 is 20.6 Å². The molecule has 42 heavy (non-hydrogen) atoms. The normalized spacial score (nSPS) is 13.8. The highest BCUT2D eigenvalue weighted by Gasteiger charge is 2.25. The fraction of sp³-hybridized carbons (Fsp3) is 0.333. The number of pyridine rings is 1. The van der Waals surface area contributed by atoms with Crippen LogP contribution in [0.3, 0.4) is 0 Å². The number of aliphatic hydroxyl groups excluding tert-OH is 1. The number of aliphatic hydroxyl groups is 1. The lowest BCUT2D eigenvalue weighted by atomic mass is 9.88. The van der Waals surface area contributed by atoms with Gasteiger partial charge in [0.25, 0.3) is 11.8 Å². The van der Waals surface area contributed by atoms with Crippen LogP contribution >= 0.6 is 0 Å². The Bertz CT molecular complexity index is 1520. The van der Waals surface area contributed by atoms with Crippen molar-refractivity contribution in [3.05, 3.63) is 95.4 Å². The second kappa shape index (κ2) is 13.0. The molecule has 0 radical (unpaired) electrons. The molecule has 0 unspecified atom stereocenters. The van der Waals surface area contributed by atoms with Crippen molar-refractivity contribution >= 4 is 23.3 Å². The van der Waals surface area contributed by atoms with Gasteiger partial charge in [-0.25, -0.2) is 4.98 Å².